The van der Waals surface area contributed by atoms with Gasteiger partial charge in [0, 0.05) is 17.1 Å². The first-order chi connectivity index (χ1) is 18.7. The molecule has 2 aromatic carbocycles. The second kappa shape index (κ2) is 10.0. The first kappa shape index (κ1) is 25.6. The molecule has 198 valence electrons. The molecule has 3 aromatic heterocycles. The Morgan fingerprint density at radius 1 is 1.10 bits per heavy atom. The molecule has 39 heavy (non-hydrogen) atoms. The van der Waals surface area contributed by atoms with Crippen molar-refractivity contribution < 1.29 is 14.6 Å². The van der Waals surface area contributed by atoms with E-state index in [1.54, 1.807) is 54.9 Å². The number of aliphatic hydroxyl groups is 1. The molecule has 0 saturated carbocycles. The van der Waals surface area contributed by atoms with E-state index >= 15 is 0 Å². The van der Waals surface area contributed by atoms with Crippen molar-refractivity contribution in [1.82, 2.24) is 24.5 Å². The molecule has 0 aliphatic rings. The fourth-order valence-electron chi connectivity index (χ4n) is 4.24. The number of carbonyl (C=O) groups excluding carboxylic acids is 1. The number of aromatic nitrogens is 5. The molecule has 0 radical (unpaired) electrons. The smallest absolute Gasteiger partial charge is 0.405 e. The van der Waals surface area contributed by atoms with Crippen molar-refractivity contribution in [2.75, 3.05) is 5.32 Å². The number of aliphatic hydroxyl groups excluding tert-OH is 1. The number of hydrogen-bond acceptors (Lipinski definition) is 8. The van der Waals surface area contributed by atoms with Gasteiger partial charge in [-0.05, 0) is 47.4 Å². The van der Waals surface area contributed by atoms with Crippen molar-refractivity contribution in [3.05, 3.63) is 94.7 Å². The Bertz CT molecular complexity index is 1740. The molecular weight excluding hydrogens is 498 g/mol. The lowest BCUT2D eigenvalue weighted by Gasteiger charge is -2.19. The van der Waals surface area contributed by atoms with E-state index in [9.17, 15) is 14.7 Å². The normalized spacial score (nSPS) is 11.5. The molecule has 0 saturated heterocycles. The number of amides is 1. The Morgan fingerprint density at radius 2 is 1.90 bits per heavy atom. The van der Waals surface area contributed by atoms with E-state index in [-0.39, 0.29) is 22.5 Å². The molecule has 11 nitrogen and oxygen atoms in total. The molecule has 5 rings (SSSR count). The Labute approximate surface area is 223 Å². The maximum absolute atomic E-state index is 13.5. The van der Waals surface area contributed by atoms with E-state index in [2.05, 4.69) is 41.3 Å². The molecule has 11 heteroatoms. The molecule has 4 N–H and O–H groups in total. The van der Waals surface area contributed by atoms with E-state index in [1.807, 2.05) is 12.1 Å². The molecule has 0 bridgehead atoms. The molecule has 0 aliphatic carbocycles. The topological polar surface area (TPSA) is 150 Å². The summed E-state index contributed by atoms with van der Waals surface area (Å²) >= 11 is 0. The van der Waals surface area contributed by atoms with Gasteiger partial charge in [0.25, 0.3) is 5.56 Å². The lowest BCUT2D eigenvalue weighted by atomic mass is 9.86. The maximum atomic E-state index is 13.5. The molecule has 5 aromatic rings. The Balaban J connectivity index is 1.61. The number of ether oxygens (including phenoxy) is 1. The quantitative estimate of drug-likeness (QED) is 0.301. The molecular formula is C28H27N7O4. The number of hydrogen-bond donors (Lipinski definition) is 3. The van der Waals surface area contributed by atoms with Crippen LogP contribution in [0.25, 0.3) is 22.1 Å². The number of fused-ring (bicyclic) bond motifs is 1. The van der Waals surface area contributed by atoms with Gasteiger partial charge in [-0.2, -0.15) is 9.78 Å². The third-order valence-electron chi connectivity index (χ3n) is 6.21. The molecule has 0 spiro atoms. The summed E-state index contributed by atoms with van der Waals surface area (Å²) in [6.45, 7) is 5.90. The fraction of sp³-hybridized carbons (Fsp3) is 0.179. The summed E-state index contributed by atoms with van der Waals surface area (Å²) in [5.41, 5.74) is 7.16. The van der Waals surface area contributed by atoms with Crippen molar-refractivity contribution >= 4 is 28.5 Å². The van der Waals surface area contributed by atoms with Crippen LogP contribution in [0, 0.1) is 0 Å². The van der Waals surface area contributed by atoms with Gasteiger partial charge in [0.1, 0.15) is 5.82 Å². The predicted molar refractivity (Wildman–Crippen MR) is 147 cm³/mol. The predicted octanol–water partition coefficient (Wildman–Crippen LogP) is 3.96. The van der Waals surface area contributed by atoms with Gasteiger partial charge in [-0.15, -0.1) is 5.10 Å². The van der Waals surface area contributed by atoms with Gasteiger partial charge >= 0.3 is 6.09 Å². The largest absolute Gasteiger partial charge is 0.410 e. The lowest BCUT2D eigenvalue weighted by molar-refractivity contribution is 0.211. The van der Waals surface area contributed by atoms with Crippen molar-refractivity contribution in [3.8, 4) is 17.1 Å². The molecule has 0 fully saturated rings. The van der Waals surface area contributed by atoms with Gasteiger partial charge in [0.05, 0.1) is 35.8 Å². The number of nitrogens with two attached hydrogens (primary N) is 1. The lowest BCUT2D eigenvalue weighted by Crippen LogP contribution is -2.23. The number of nitrogens with one attached hydrogen (secondary N) is 1. The van der Waals surface area contributed by atoms with Crippen LogP contribution >= 0.6 is 0 Å². The SMILES string of the molecule is CC(C)(C)c1ccc2c(=O)n(-c3cccc(-n4cc(OC(N)=O)c(Nc5ccccn5)n4)c3CO)ncc2c1. The number of rotatable bonds is 6. The van der Waals surface area contributed by atoms with Crippen molar-refractivity contribution in [1.29, 1.82) is 0 Å². The number of carbonyl (C=O) groups is 1. The molecule has 3 heterocycles. The Kier molecular flexibility index (Phi) is 6.59. The summed E-state index contributed by atoms with van der Waals surface area (Å²) in [4.78, 5) is 29.2. The van der Waals surface area contributed by atoms with Crippen LogP contribution in [-0.4, -0.2) is 35.7 Å². The van der Waals surface area contributed by atoms with Crippen LogP contribution in [-0.2, 0) is 12.0 Å². The Hall–Kier alpha value is -5.03. The maximum Gasteiger partial charge on any atom is 0.410 e. The number of benzene rings is 2. The first-order valence-corrected chi connectivity index (χ1v) is 12.2. The standard InChI is InChI=1S/C28H27N7O4/c1-28(2,3)18-10-11-19-17(13-18)14-31-35(26(19)37)22-8-6-7-21(20(22)16-36)34-15-23(39-27(29)38)25(33-34)32-24-9-4-5-12-30-24/h4-15,36H,16H2,1-3H3,(H2,29,38)(H,30,32,33). The third-order valence-corrected chi connectivity index (χ3v) is 6.21. The van der Waals surface area contributed by atoms with Gasteiger partial charge in [-0.1, -0.05) is 39.0 Å². The summed E-state index contributed by atoms with van der Waals surface area (Å²) < 4.78 is 7.82. The van der Waals surface area contributed by atoms with Gasteiger partial charge in [-0.3, -0.25) is 4.79 Å². The highest BCUT2D eigenvalue weighted by atomic mass is 16.5. The van der Waals surface area contributed by atoms with Crippen molar-refractivity contribution in [3.63, 3.8) is 0 Å². The summed E-state index contributed by atoms with van der Waals surface area (Å²) in [6.07, 6.45) is 3.66. The average molecular weight is 526 g/mol. The highest BCUT2D eigenvalue weighted by molar-refractivity contribution is 5.82. The molecule has 0 atom stereocenters. The fourth-order valence-corrected chi connectivity index (χ4v) is 4.24. The minimum atomic E-state index is -1.02. The van der Waals surface area contributed by atoms with E-state index in [1.165, 1.54) is 15.6 Å². The molecule has 1 amide bonds. The number of nitrogens with zero attached hydrogens (tertiary/aromatic N) is 5. The van der Waals surface area contributed by atoms with E-state index < -0.39 is 12.7 Å². The van der Waals surface area contributed by atoms with Crippen LogP contribution in [0.3, 0.4) is 0 Å². The zero-order chi connectivity index (χ0) is 27.7. The van der Waals surface area contributed by atoms with E-state index in [0.717, 1.165) is 10.9 Å². The van der Waals surface area contributed by atoms with Gasteiger partial charge in [0.15, 0.2) is 11.6 Å². The monoisotopic (exact) mass is 525 g/mol. The van der Waals surface area contributed by atoms with Crippen LogP contribution < -0.4 is 21.3 Å². The minimum absolute atomic E-state index is 0.0538. The van der Waals surface area contributed by atoms with Crippen LogP contribution in [0.4, 0.5) is 16.4 Å². The van der Waals surface area contributed by atoms with Crippen molar-refractivity contribution in [2.24, 2.45) is 5.73 Å². The van der Waals surface area contributed by atoms with Crippen LogP contribution in [0.5, 0.6) is 5.75 Å². The zero-order valence-electron chi connectivity index (χ0n) is 21.6. The van der Waals surface area contributed by atoms with Gasteiger partial charge < -0.3 is 20.9 Å². The third kappa shape index (κ3) is 5.07. The molecule has 0 unspecified atom stereocenters. The summed E-state index contributed by atoms with van der Waals surface area (Å²) in [7, 11) is 0. The van der Waals surface area contributed by atoms with Gasteiger partial charge in [-0.25, -0.2) is 14.5 Å². The first-order valence-electron chi connectivity index (χ1n) is 12.2. The second-order valence-corrected chi connectivity index (χ2v) is 9.89. The van der Waals surface area contributed by atoms with E-state index in [0.29, 0.717) is 28.1 Å². The van der Waals surface area contributed by atoms with Crippen molar-refractivity contribution in [2.45, 2.75) is 32.8 Å². The number of primary amides is 1. The van der Waals surface area contributed by atoms with Crippen LogP contribution in [0.2, 0.25) is 0 Å². The minimum Gasteiger partial charge on any atom is -0.405 e. The summed E-state index contributed by atoms with van der Waals surface area (Å²) in [6, 6.07) is 16.1. The van der Waals surface area contributed by atoms with E-state index in [4.69, 9.17) is 10.5 Å². The summed E-state index contributed by atoms with van der Waals surface area (Å²) in [5, 5.41) is 23.5. The second-order valence-electron chi connectivity index (χ2n) is 9.89. The number of pyridine rings is 1. The highest BCUT2D eigenvalue weighted by Crippen LogP contribution is 2.30. The van der Waals surface area contributed by atoms with Crippen LogP contribution in [0.15, 0.2) is 78.0 Å². The Morgan fingerprint density at radius 3 is 2.59 bits per heavy atom. The highest BCUT2D eigenvalue weighted by Gasteiger charge is 2.20. The molecule has 0 aliphatic heterocycles. The number of anilines is 2. The zero-order valence-corrected chi connectivity index (χ0v) is 21.6. The average Bonchev–Trinajstić information content (AvgIpc) is 3.29. The summed E-state index contributed by atoms with van der Waals surface area (Å²) in [5.74, 6) is 0.699. The van der Waals surface area contributed by atoms with Gasteiger partial charge in [0.2, 0.25) is 0 Å². The van der Waals surface area contributed by atoms with Crippen LogP contribution in [0.1, 0.15) is 31.9 Å².